The molecule has 0 saturated heterocycles. The van der Waals surface area contributed by atoms with Gasteiger partial charge in [-0.05, 0) is 40.5 Å². The molecule has 2 nitrogen and oxygen atoms in total. The number of carbonyl (C=O) groups excluding carboxylic acids is 1. The minimum Gasteiger partial charge on any atom is -0.508 e. The summed E-state index contributed by atoms with van der Waals surface area (Å²) in [6, 6.07) is 40.2. The van der Waals surface area contributed by atoms with Gasteiger partial charge in [0.1, 0.15) is 12.5 Å². The van der Waals surface area contributed by atoms with Crippen molar-refractivity contribution in [1.29, 1.82) is 0 Å². The predicted octanol–water partition coefficient (Wildman–Crippen LogP) is 6.48. The van der Waals surface area contributed by atoms with E-state index in [0.717, 1.165) is 0 Å². The summed E-state index contributed by atoms with van der Waals surface area (Å²) in [4.78, 5) is 8.00. The van der Waals surface area contributed by atoms with E-state index in [4.69, 9.17) is 9.90 Å². The van der Waals surface area contributed by atoms with Gasteiger partial charge in [0.2, 0.25) is 0 Å². The first-order valence-corrected chi connectivity index (χ1v) is 9.23. The summed E-state index contributed by atoms with van der Waals surface area (Å²) in [5.74, 6) is 0.322. The van der Waals surface area contributed by atoms with Crippen molar-refractivity contribution in [3.05, 3.63) is 138 Å². The molecule has 0 atom stereocenters. The number of phenolic OH excluding ortho intramolecular Hbond substituents is 1. The van der Waals surface area contributed by atoms with Crippen molar-refractivity contribution < 1.29 is 9.90 Å². The second-order valence-electron chi connectivity index (χ2n) is 6.04. The van der Waals surface area contributed by atoms with E-state index in [9.17, 15) is 0 Å². The topological polar surface area (TPSA) is 37.3 Å². The Balaban J connectivity index is 0.000000280. The van der Waals surface area contributed by atoms with Crippen molar-refractivity contribution in [2.24, 2.45) is 0 Å². The first-order chi connectivity index (χ1) is 14.3. The number of para-hydroxylation sites is 1. The van der Waals surface area contributed by atoms with Crippen LogP contribution in [0.4, 0.5) is 0 Å². The lowest BCUT2D eigenvalue weighted by molar-refractivity contribution is -0.0979. The number of phenols is 1. The monoisotopic (exact) mass is 380 g/mol. The van der Waals surface area contributed by atoms with E-state index in [1.807, 2.05) is 18.9 Å². The van der Waals surface area contributed by atoms with E-state index in [0.29, 0.717) is 5.75 Å². The predicted molar refractivity (Wildman–Crippen MR) is 122 cm³/mol. The summed E-state index contributed by atoms with van der Waals surface area (Å²) in [5, 5.41) is 8.63. The van der Waals surface area contributed by atoms with Crippen molar-refractivity contribution in [3.8, 4) is 5.75 Å². The zero-order chi connectivity index (χ0) is 20.7. The van der Waals surface area contributed by atoms with E-state index in [1.54, 1.807) is 24.3 Å². The molecule has 0 bridgehead atoms. The standard InChI is InChI=1S/C20H16.C6H6O.CH2O/c1-4-10-17(11-5-1)16-20(18-12-6-2-7-13-18)19-14-8-3-9-15-19;7-6-4-2-1-3-5-6;1-2/h1-16H;1-5,7H;1H2. The Hall–Kier alpha value is -3.91. The lowest BCUT2D eigenvalue weighted by Crippen LogP contribution is -1.87. The van der Waals surface area contributed by atoms with Gasteiger partial charge < -0.3 is 9.90 Å². The van der Waals surface area contributed by atoms with Gasteiger partial charge in [-0.15, -0.1) is 0 Å². The molecule has 4 aromatic rings. The maximum atomic E-state index is 8.63. The second kappa shape index (κ2) is 12.5. The molecular weight excluding hydrogens is 356 g/mol. The Morgan fingerprint density at radius 3 is 1.24 bits per heavy atom. The van der Waals surface area contributed by atoms with Crippen LogP contribution in [-0.4, -0.2) is 11.9 Å². The van der Waals surface area contributed by atoms with E-state index in [-0.39, 0.29) is 0 Å². The highest BCUT2D eigenvalue weighted by Gasteiger charge is 2.04. The zero-order valence-electron chi connectivity index (χ0n) is 16.2. The fourth-order valence-electron chi connectivity index (χ4n) is 2.71. The molecule has 4 aromatic carbocycles. The van der Waals surface area contributed by atoms with E-state index < -0.39 is 0 Å². The van der Waals surface area contributed by atoms with Crippen LogP contribution in [0.15, 0.2) is 121 Å². The fourth-order valence-corrected chi connectivity index (χ4v) is 2.71. The van der Waals surface area contributed by atoms with Crippen LogP contribution in [0.3, 0.4) is 0 Å². The normalized spacial score (nSPS) is 9.10. The summed E-state index contributed by atoms with van der Waals surface area (Å²) in [6.45, 7) is 2.00. The number of benzene rings is 4. The Morgan fingerprint density at radius 1 is 0.552 bits per heavy atom. The van der Waals surface area contributed by atoms with Crippen LogP contribution < -0.4 is 0 Å². The highest BCUT2D eigenvalue weighted by molar-refractivity contribution is 5.91. The van der Waals surface area contributed by atoms with Gasteiger partial charge in [-0.25, -0.2) is 0 Å². The molecule has 0 aliphatic carbocycles. The van der Waals surface area contributed by atoms with E-state index in [2.05, 4.69) is 91.0 Å². The Kier molecular flexibility index (Phi) is 9.20. The summed E-state index contributed by atoms with van der Waals surface area (Å²) >= 11 is 0. The number of carbonyl (C=O) groups is 1. The van der Waals surface area contributed by atoms with E-state index >= 15 is 0 Å². The van der Waals surface area contributed by atoms with Crippen molar-refractivity contribution in [2.45, 2.75) is 0 Å². The first-order valence-electron chi connectivity index (χ1n) is 9.23. The third-order valence-corrected chi connectivity index (χ3v) is 4.04. The number of hydrogen-bond acceptors (Lipinski definition) is 2. The summed E-state index contributed by atoms with van der Waals surface area (Å²) in [5.41, 5.74) is 4.94. The molecule has 2 heteroatoms. The van der Waals surface area contributed by atoms with E-state index in [1.165, 1.54) is 22.3 Å². The van der Waals surface area contributed by atoms with Crippen molar-refractivity contribution in [1.82, 2.24) is 0 Å². The maximum Gasteiger partial charge on any atom is 0.115 e. The summed E-state index contributed by atoms with van der Waals surface area (Å²) < 4.78 is 0. The van der Waals surface area contributed by atoms with Gasteiger partial charge in [0.25, 0.3) is 0 Å². The quantitative estimate of drug-likeness (QED) is 0.413. The molecule has 0 fully saturated rings. The summed E-state index contributed by atoms with van der Waals surface area (Å²) in [6.07, 6.45) is 2.24. The molecule has 0 aliphatic heterocycles. The van der Waals surface area contributed by atoms with Gasteiger partial charge in [0.15, 0.2) is 0 Å². The van der Waals surface area contributed by atoms with Gasteiger partial charge >= 0.3 is 0 Å². The first kappa shape index (κ1) is 21.4. The molecule has 0 heterocycles. The maximum absolute atomic E-state index is 8.63. The highest BCUT2D eigenvalue weighted by atomic mass is 16.3. The third-order valence-electron chi connectivity index (χ3n) is 4.04. The van der Waals surface area contributed by atoms with Crippen molar-refractivity contribution in [2.75, 3.05) is 0 Å². The van der Waals surface area contributed by atoms with Gasteiger partial charge in [-0.1, -0.05) is 109 Å². The molecule has 29 heavy (non-hydrogen) atoms. The van der Waals surface area contributed by atoms with Gasteiger partial charge in [0, 0.05) is 0 Å². The van der Waals surface area contributed by atoms with Gasteiger partial charge in [-0.2, -0.15) is 0 Å². The molecular formula is C27H24O2. The molecule has 0 saturated carbocycles. The second-order valence-corrected chi connectivity index (χ2v) is 6.04. The molecule has 0 radical (unpaired) electrons. The van der Waals surface area contributed by atoms with Gasteiger partial charge in [-0.3, -0.25) is 0 Å². The number of rotatable bonds is 3. The molecule has 1 N–H and O–H groups in total. The van der Waals surface area contributed by atoms with Crippen LogP contribution in [0, 0.1) is 0 Å². The van der Waals surface area contributed by atoms with Crippen LogP contribution in [-0.2, 0) is 4.79 Å². The average molecular weight is 380 g/mol. The minimum absolute atomic E-state index is 0.322. The largest absolute Gasteiger partial charge is 0.508 e. The fraction of sp³-hybridized carbons (Fsp3) is 0. The summed E-state index contributed by atoms with van der Waals surface area (Å²) in [7, 11) is 0. The minimum atomic E-state index is 0.322. The number of aromatic hydroxyl groups is 1. The smallest absolute Gasteiger partial charge is 0.115 e. The lowest BCUT2D eigenvalue weighted by atomic mass is 9.96. The Bertz CT molecular complexity index is 922. The SMILES string of the molecule is C(=C(c1ccccc1)c1ccccc1)c1ccccc1.C=O.Oc1ccccc1. The van der Waals surface area contributed by atoms with Crippen molar-refractivity contribution >= 4 is 18.4 Å². The molecule has 0 aromatic heterocycles. The lowest BCUT2D eigenvalue weighted by Gasteiger charge is -2.08. The van der Waals surface area contributed by atoms with Crippen LogP contribution in [0.1, 0.15) is 16.7 Å². The zero-order valence-corrected chi connectivity index (χ0v) is 16.2. The van der Waals surface area contributed by atoms with Crippen LogP contribution in [0.25, 0.3) is 11.6 Å². The molecule has 0 amide bonds. The third kappa shape index (κ3) is 7.31. The molecule has 0 aliphatic rings. The molecule has 144 valence electrons. The van der Waals surface area contributed by atoms with Crippen LogP contribution in [0.5, 0.6) is 5.75 Å². The number of hydrogen-bond donors (Lipinski definition) is 1. The Labute approximate surface area is 172 Å². The van der Waals surface area contributed by atoms with Crippen LogP contribution in [0.2, 0.25) is 0 Å². The van der Waals surface area contributed by atoms with Crippen LogP contribution >= 0.6 is 0 Å². The average Bonchev–Trinajstić information content (AvgIpc) is 2.82. The molecule has 4 rings (SSSR count). The molecule has 0 unspecified atom stereocenters. The Morgan fingerprint density at radius 2 is 0.897 bits per heavy atom. The van der Waals surface area contributed by atoms with Gasteiger partial charge in [0.05, 0.1) is 0 Å². The molecule has 0 spiro atoms. The highest BCUT2D eigenvalue weighted by Crippen LogP contribution is 2.25. The van der Waals surface area contributed by atoms with Crippen molar-refractivity contribution in [3.63, 3.8) is 0 Å².